The van der Waals surface area contributed by atoms with Crippen LogP contribution in [0.3, 0.4) is 0 Å². The first-order valence-electron chi connectivity index (χ1n) is 11.4. The second-order valence-electron chi connectivity index (χ2n) is 8.58. The molecule has 0 bridgehead atoms. The first-order valence-corrected chi connectivity index (χ1v) is 11.4. The lowest BCUT2D eigenvalue weighted by molar-refractivity contribution is -0.129. The van der Waals surface area contributed by atoms with Crippen molar-refractivity contribution < 1.29 is 4.79 Å². The van der Waals surface area contributed by atoms with Crippen LogP contribution in [0.1, 0.15) is 48.4 Å². The van der Waals surface area contributed by atoms with Crippen LogP contribution in [0.4, 0.5) is 5.95 Å². The van der Waals surface area contributed by atoms with Crippen LogP contribution < -0.4 is 4.90 Å². The fraction of sp³-hybridized carbons (Fsp3) is 0.360. The van der Waals surface area contributed by atoms with Crippen molar-refractivity contribution in [3.05, 3.63) is 77.4 Å². The summed E-state index contributed by atoms with van der Waals surface area (Å²) in [6.07, 6.45) is 6.69. The normalized spacial score (nSPS) is 18.7. The lowest BCUT2D eigenvalue weighted by Gasteiger charge is -2.34. The van der Waals surface area contributed by atoms with Gasteiger partial charge in [-0.1, -0.05) is 78.1 Å². The van der Waals surface area contributed by atoms with Crippen LogP contribution in [-0.2, 0) is 4.79 Å². The quantitative estimate of drug-likeness (QED) is 0.632. The Morgan fingerprint density at radius 1 is 0.969 bits per heavy atom. The summed E-state index contributed by atoms with van der Waals surface area (Å²) in [6.45, 7) is 3.95. The minimum absolute atomic E-state index is 0.123. The number of carbonyl (C=O) groups is 1. The van der Waals surface area contributed by atoms with Crippen molar-refractivity contribution in [2.24, 2.45) is 0 Å². The molecule has 0 N–H and O–H groups in total. The van der Waals surface area contributed by atoms with E-state index >= 15 is 0 Å². The highest BCUT2D eigenvalue weighted by Crippen LogP contribution is 2.36. The Morgan fingerprint density at radius 3 is 2.41 bits per heavy atom. The number of benzene rings is 2. The number of likely N-dealkylation sites (tertiary alicyclic amines) is 1. The van der Waals surface area contributed by atoms with Crippen molar-refractivity contribution in [1.29, 1.82) is 0 Å². The van der Waals surface area contributed by atoms with Gasteiger partial charge in [0.15, 0.2) is 0 Å². The third kappa shape index (κ3) is 4.02. The average Bonchev–Trinajstić information content (AvgIpc) is 3.15. The number of rotatable bonds is 4. The molecule has 164 valence electrons. The predicted octanol–water partition coefficient (Wildman–Crippen LogP) is 3.83. The second-order valence-corrected chi connectivity index (χ2v) is 8.58. The van der Waals surface area contributed by atoms with Gasteiger partial charge in [0, 0.05) is 13.1 Å². The molecule has 1 fully saturated rings. The number of nitrogens with zero attached hydrogens (tertiary/aromatic N) is 6. The molecule has 1 saturated heterocycles. The lowest BCUT2D eigenvalue weighted by atomic mass is 10.00. The van der Waals surface area contributed by atoms with Crippen LogP contribution in [-0.4, -0.2) is 50.6 Å². The fourth-order valence-corrected chi connectivity index (χ4v) is 4.54. The Morgan fingerprint density at radius 2 is 1.69 bits per heavy atom. The summed E-state index contributed by atoms with van der Waals surface area (Å²) in [5.41, 5.74) is 4.31. The zero-order valence-electron chi connectivity index (χ0n) is 18.4. The number of aromatic nitrogens is 4. The van der Waals surface area contributed by atoms with Crippen LogP contribution in [0.2, 0.25) is 0 Å². The molecule has 1 amide bonds. The molecule has 2 aromatic carbocycles. The van der Waals surface area contributed by atoms with Gasteiger partial charge in [-0.3, -0.25) is 9.69 Å². The number of hydrogen-bond donors (Lipinski definition) is 0. The third-order valence-electron chi connectivity index (χ3n) is 6.33. The van der Waals surface area contributed by atoms with Gasteiger partial charge in [0.05, 0.1) is 5.70 Å². The van der Waals surface area contributed by atoms with Crippen LogP contribution in [0.15, 0.2) is 60.7 Å². The van der Waals surface area contributed by atoms with E-state index in [2.05, 4.69) is 64.9 Å². The molecule has 7 nitrogen and oxygen atoms in total. The smallest absolute Gasteiger partial charge is 0.251 e. The maximum Gasteiger partial charge on any atom is 0.251 e. The van der Waals surface area contributed by atoms with Crippen LogP contribution in [0.5, 0.6) is 0 Å². The van der Waals surface area contributed by atoms with Gasteiger partial charge in [-0.25, -0.2) is 0 Å². The van der Waals surface area contributed by atoms with E-state index < -0.39 is 0 Å². The van der Waals surface area contributed by atoms with E-state index in [0.29, 0.717) is 5.95 Å². The van der Waals surface area contributed by atoms with E-state index in [1.165, 1.54) is 18.4 Å². The standard InChI is InChI=1S/C25H28N6O/c1-19-11-13-21(14-12-19)22-17-23(20-9-5-4-6-10-20)31-25(26-27-28-31)30(22)18-24(32)29-15-7-2-3-8-16-29/h4-6,9-14,17,23H,2-3,7-8,15-16,18H2,1H3/t23-/m0/s1. The number of tetrazole rings is 1. The summed E-state index contributed by atoms with van der Waals surface area (Å²) in [6, 6.07) is 18.5. The maximum absolute atomic E-state index is 13.3. The minimum atomic E-state index is -0.137. The van der Waals surface area contributed by atoms with Gasteiger partial charge in [0.2, 0.25) is 5.91 Å². The fourth-order valence-electron chi connectivity index (χ4n) is 4.54. The number of allylic oxidation sites excluding steroid dienone is 1. The summed E-state index contributed by atoms with van der Waals surface area (Å²) in [5, 5.41) is 12.6. The van der Waals surface area contributed by atoms with Crippen LogP contribution in [0, 0.1) is 6.92 Å². The zero-order valence-corrected chi connectivity index (χ0v) is 18.4. The van der Waals surface area contributed by atoms with E-state index in [1.807, 2.05) is 32.7 Å². The monoisotopic (exact) mass is 428 g/mol. The molecule has 0 aliphatic carbocycles. The van der Waals surface area contributed by atoms with Gasteiger partial charge in [-0.05, 0) is 47.4 Å². The van der Waals surface area contributed by atoms with Gasteiger partial charge in [0.25, 0.3) is 5.95 Å². The van der Waals surface area contributed by atoms with Gasteiger partial charge in [0.1, 0.15) is 12.6 Å². The molecule has 0 spiro atoms. The highest BCUT2D eigenvalue weighted by Gasteiger charge is 2.32. The lowest BCUT2D eigenvalue weighted by Crippen LogP contribution is -2.42. The molecule has 32 heavy (non-hydrogen) atoms. The summed E-state index contributed by atoms with van der Waals surface area (Å²) < 4.78 is 1.81. The molecule has 1 atom stereocenters. The molecule has 3 aromatic rings. The summed E-state index contributed by atoms with van der Waals surface area (Å²) in [5.74, 6) is 0.720. The molecule has 3 heterocycles. The van der Waals surface area contributed by atoms with E-state index in [9.17, 15) is 4.79 Å². The van der Waals surface area contributed by atoms with Crippen LogP contribution in [0.25, 0.3) is 5.70 Å². The first-order chi connectivity index (χ1) is 15.7. The van der Waals surface area contributed by atoms with Gasteiger partial charge in [-0.2, -0.15) is 4.68 Å². The molecule has 0 radical (unpaired) electrons. The molecular formula is C25H28N6O. The van der Waals surface area contributed by atoms with E-state index in [0.717, 1.165) is 42.8 Å². The molecule has 2 aliphatic heterocycles. The van der Waals surface area contributed by atoms with Gasteiger partial charge >= 0.3 is 0 Å². The summed E-state index contributed by atoms with van der Waals surface area (Å²) >= 11 is 0. The molecule has 5 rings (SSSR count). The van der Waals surface area contributed by atoms with Crippen LogP contribution >= 0.6 is 0 Å². The maximum atomic E-state index is 13.3. The SMILES string of the molecule is Cc1ccc(C2=C[C@@H](c3ccccc3)n3nnnc3N2CC(=O)N2CCCCCC2)cc1. The Balaban J connectivity index is 1.54. The summed E-state index contributed by atoms with van der Waals surface area (Å²) in [7, 11) is 0. The number of fused-ring (bicyclic) bond motifs is 1. The average molecular weight is 429 g/mol. The van der Waals surface area contributed by atoms with Crippen molar-refractivity contribution in [2.45, 2.75) is 38.6 Å². The molecule has 1 aromatic heterocycles. The van der Waals surface area contributed by atoms with Crippen molar-refractivity contribution in [3.63, 3.8) is 0 Å². The van der Waals surface area contributed by atoms with E-state index in [1.54, 1.807) is 0 Å². The highest BCUT2D eigenvalue weighted by molar-refractivity contribution is 5.89. The molecule has 7 heteroatoms. The van der Waals surface area contributed by atoms with E-state index in [-0.39, 0.29) is 18.5 Å². The number of anilines is 1. The Hall–Kier alpha value is -3.48. The summed E-state index contributed by atoms with van der Waals surface area (Å²) in [4.78, 5) is 17.3. The number of hydrogen-bond acceptors (Lipinski definition) is 5. The second kappa shape index (κ2) is 8.94. The van der Waals surface area contributed by atoms with Gasteiger partial charge in [-0.15, -0.1) is 0 Å². The largest absolute Gasteiger partial charge is 0.341 e. The van der Waals surface area contributed by atoms with Crippen molar-refractivity contribution in [1.82, 2.24) is 25.1 Å². The molecule has 0 saturated carbocycles. The highest BCUT2D eigenvalue weighted by atomic mass is 16.2. The molecular weight excluding hydrogens is 400 g/mol. The number of amides is 1. The van der Waals surface area contributed by atoms with Crippen molar-refractivity contribution in [3.8, 4) is 0 Å². The Labute approximate surface area is 188 Å². The topological polar surface area (TPSA) is 67.2 Å². The predicted molar refractivity (Wildman–Crippen MR) is 124 cm³/mol. The Bertz CT molecular complexity index is 1100. The minimum Gasteiger partial charge on any atom is -0.341 e. The first kappa shape index (κ1) is 20.4. The molecule has 2 aliphatic rings. The van der Waals surface area contributed by atoms with Crippen molar-refractivity contribution in [2.75, 3.05) is 24.5 Å². The number of aryl methyl sites for hydroxylation is 1. The zero-order chi connectivity index (χ0) is 21.9. The third-order valence-corrected chi connectivity index (χ3v) is 6.33. The number of carbonyl (C=O) groups excluding carboxylic acids is 1. The van der Waals surface area contributed by atoms with E-state index in [4.69, 9.17) is 0 Å². The molecule has 0 unspecified atom stereocenters. The Kier molecular flexibility index (Phi) is 5.71. The van der Waals surface area contributed by atoms with Crippen molar-refractivity contribution >= 4 is 17.6 Å². The van der Waals surface area contributed by atoms with Gasteiger partial charge < -0.3 is 4.90 Å².